The van der Waals surface area contributed by atoms with E-state index in [4.69, 9.17) is 9.15 Å². The second kappa shape index (κ2) is 7.28. The Bertz CT molecular complexity index is 840. The molecule has 26 heavy (non-hydrogen) atoms. The molecule has 142 valence electrons. The van der Waals surface area contributed by atoms with Gasteiger partial charge in [-0.25, -0.2) is 0 Å². The summed E-state index contributed by atoms with van der Waals surface area (Å²) in [6, 6.07) is 0. The average Bonchev–Trinajstić information content (AvgIpc) is 2.58. The van der Waals surface area contributed by atoms with Crippen molar-refractivity contribution in [2.24, 2.45) is 5.92 Å². The van der Waals surface area contributed by atoms with E-state index in [-0.39, 0.29) is 17.3 Å². The molecule has 1 aromatic rings. The Balaban J connectivity index is 2.78. The van der Waals surface area contributed by atoms with Crippen molar-refractivity contribution in [1.29, 1.82) is 0 Å². The minimum atomic E-state index is -0.639. The topological polar surface area (TPSA) is 59.7 Å². The Morgan fingerprint density at radius 2 is 1.96 bits per heavy atom. The molecule has 1 aromatic heterocycles. The first kappa shape index (κ1) is 20.2. The average molecular weight is 358 g/mol. The largest absolute Gasteiger partial charge is 0.468 e. The molecule has 2 rings (SSSR count). The van der Waals surface area contributed by atoms with Crippen molar-refractivity contribution in [3.05, 3.63) is 62.6 Å². The molecule has 0 radical (unpaired) electrons. The van der Waals surface area contributed by atoms with E-state index in [0.29, 0.717) is 23.3 Å². The quantitative estimate of drug-likeness (QED) is 0.794. The van der Waals surface area contributed by atoms with Crippen LogP contribution in [0.3, 0.4) is 0 Å². The van der Waals surface area contributed by atoms with Crippen molar-refractivity contribution < 1.29 is 14.3 Å². The summed E-state index contributed by atoms with van der Waals surface area (Å²) in [5, 5.41) is 10.4. The van der Waals surface area contributed by atoms with Gasteiger partial charge in [0.1, 0.15) is 5.76 Å². The highest BCUT2D eigenvalue weighted by molar-refractivity contribution is 5.47. The molecule has 1 unspecified atom stereocenters. The number of hydrogen-bond acceptors (Lipinski definition) is 4. The third-order valence-electron chi connectivity index (χ3n) is 5.42. The first-order chi connectivity index (χ1) is 12.1. The number of aliphatic hydroxyl groups is 1. The zero-order chi connectivity index (χ0) is 19.8. The lowest BCUT2D eigenvalue weighted by atomic mass is 9.63. The van der Waals surface area contributed by atoms with Gasteiger partial charge >= 0.3 is 0 Å². The molecule has 4 heteroatoms. The van der Waals surface area contributed by atoms with Crippen LogP contribution in [0.25, 0.3) is 0 Å². The van der Waals surface area contributed by atoms with Gasteiger partial charge in [-0.2, -0.15) is 0 Å². The van der Waals surface area contributed by atoms with Crippen molar-refractivity contribution in [3.63, 3.8) is 0 Å². The maximum absolute atomic E-state index is 12.7. The van der Waals surface area contributed by atoms with Crippen molar-refractivity contribution in [3.8, 4) is 5.95 Å². The van der Waals surface area contributed by atoms with E-state index < -0.39 is 11.5 Å². The van der Waals surface area contributed by atoms with Gasteiger partial charge in [0.2, 0.25) is 0 Å². The lowest BCUT2D eigenvalue weighted by molar-refractivity contribution is 0.181. The second-order valence-corrected chi connectivity index (χ2v) is 7.49. The van der Waals surface area contributed by atoms with Crippen LogP contribution in [0.1, 0.15) is 51.0 Å². The predicted molar refractivity (Wildman–Crippen MR) is 105 cm³/mol. The van der Waals surface area contributed by atoms with Gasteiger partial charge < -0.3 is 14.3 Å². The van der Waals surface area contributed by atoms with Crippen molar-refractivity contribution >= 4 is 0 Å². The van der Waals surface area contributed by atoms with Crippen LogP contribution in [0.5, 0.6) is 5.95 Å². The Labute approximate surface area is 155 Å². The minimum Gasteiger partial charge on any atom is -0.468 e. The summed E-state index contributed by atoms with van der Waals surface area (Å²) in [4.78, 5) is 12.7. The molecule has 0 saturated heterocycles. The molecule has 0 aromatic carbocycles. The minimum absolute atomic E-state index is 0.0806. The summed E-state index contributed by atoms with van der Waals surface area (Å²) in [7, 11) is 1.50. The normalized spacial score (nSPS) is 23.9. The number of rotatable bonds is 5. The van der Waals surface area contributed by atoms with Crippen molar-refractivity contribution in [1.82, 2.24) is 0 Å². The molecule has 0 spiro atoms. The van der Waals surface area contributed by atoms with Crippen LogP contribution in [0.2, 0.25) is 0 Å². The van der Waals surface area contributed by atoms with E-state index in [2.05, 4.69) is 18.7 Å². The highest BCUT2D eigenvalue weighted by Crippen LogP contribution is 2.47. The lowest BCUT2D eigenvalue weighted by Crippen LogP contribution is -2.39. The molecule has 0 fully saturated rings. The van der Waals surface area contributed by atoms with E-state index in [1.807, 2.05) is 27.7 Å². The molecular weight excluding hydrogens is 328 g/mol. The van der Waals surface area contributed by atoms with Gasteiger partial charge in [-0.1, -0.05) is 36.8 Å². The summed E-state index contributed by atoms with van der Waals surface area (Å²) < 4.78 is 11.4. The summed E-state index contributed by atoms with van der Waals surface area (Å²) in [6.45, 7) is 15.7. The summed E-state index contributed by atoms with van der Waals surface area (Å²) in [6.07, 6.45) is 4.16. The molecule has 0 amide bonds. The standard InChI is InChI=1S/C22H30O4/c1-9-17(23)14(4)18-13(3)10-12(2)11-22(18,7)20-15(5)19(24)16(6)21(25-8)26-20/h10-11,17-18,23H,4,9H2,1-3,5-8H3/t17?,18-,22-/m0/s1. The van der Waals surface area contributed by atoms with Gasteiger partial charge in [-0.05, 0) is 46.6 Å². The van der Waals surface area contributed by atoms with E-state index in [9.17, 15) is 9.90 Å². The first-order valence-corrected chi connectivity index (χ1v) is 9.01. The van der Waals surface area contributed by atoms with Crippen molar-refractivity contribution in [2.45, 2.75) is 59.5 Å². The Morgan fingerprint density at radius 3 is 2.50 bits per heavy atom. The summed E-state index contributed by atoms with van der Waals surface area (Å²) in [5.41, 5.74) is 3.21. The summed E-state index contributed by atoms with van der Waals surface area (Å²) >= 11 is 0. The molecule has 1 N–H and O–H groups in total. The van der Waals surface area contributed by atoms with Crippen LogP contribution >= 0.6 is 0 Å². The zero-order valence-electron chi connectivity index (χ0n) is 16.9. The second-order valence-electron chi connectivity index (χ2n) is 7.49. The van der Waals surface area contributed by atoms with Crippen LogP contribution in [-0.2, 0) is 5.41 Å². The zero-order valence-corrected chi connectivity index (χ0v) is 16.9. The monoisotopic (exact) mass is 358 g/mol. The predicted octanol–water partition coefficient (Wildman–Crippen LogP) is 4.37. The molecule has 1 heterocycles. The fourth-order valence-electron chi connectivity index (χ4n) is 4.27. The first-order valence-electron chi connectivity index (χ1n) is 9.01. The van der Waals surface area contributed by atoms with Crippen LogP contribution in [-0.4, -0.2) is 18.3 Å². The van der Waals surface area contributed by atoms with E-state index in [1.54, 1.807) is 13.8 Å². The summed E-state index contributed by atoms with van der Waals surface area (Å²) in [5.74, 6) is 0.622. The molecule has 0 aliphatic heterocycles. The van der Waals surface area contributed by atoms with Gasteiger partial charge in [0.25, 0.3) is 5.95 Å². The van der Waals surface area contributed by atoms with Gasteiger partial charge in [0, 0.05) is 11.5 Å². The van der Waals surface area contributed by atoms with Gasteiger partial charge in [0.15, 0.2) is 5.43 Å². The van der Waals surface area contributed by atoms with Gasteiger partial charge in [-0.15, -0.1) is 0 Å². The smallest absolute Gasteiger partial charge is 0.291 e. The third kappa shape index (κ3) is 3.18. The maximum Gasteiger partial charge on any atom is 0.291 e. The maximum atomic E-state index is 12.7. The number of ether oxygens (including phenoxy) is 1. The number of methoxy groups -OCH3 is 1. The molecule has 4 nitrogen and oxygen atoms in total. The number of allylic oxidation sites excluding steroid dienone is 4. The van der Waals surface area contributed by atoms with Crippen LogP contribution < -0.4 is 10.2 Å². The van der Waals surface area contributed by atoms with Gasteiger partial charge in [0.05, 0.1) is 24.2 Å². The molecule has 3 atom stereocenters. The molecule has 0 bridgehead atoms. The van der Waals surface area contributed by atoms with Gasteiger partial charge in [-0.3, -0.25) is 4.79 Å². The fraction of sp³-hybridized carbons (Fsp3) is 0.500. The molecule has 1 aliphatic carbocycles. The van der Waals surface area contributed by atoms with E-state index >= 15 is 0 Å². The Morgan fingerprint density at radius 1 is 1.35 bits per heavy atom. The number of aliphatic hydroxyl groups excluding tert-OH is 1. The van der Waals surface area contributed by atoms with Crippen molar-refractivity contribution in [2.75, 3.05) is 7.11 Å². The highest BCUT2D eigenvalue weighted by atomic mass is 16.6. The lowest BCUT2D eigenvalue weighted by Gasteiger charge is -2.41. The molecule has 1 aliphatic rings. The number of hydrogen-bond donors (Lipinski definition) is 1. The van der Waals surface area contributed by atoms with Crippen LogP contribution in [0, 0.1) is 19.8 Å². The van der Waals surface area contributed by atoms with Crippen LogP contribution in [0.4, 0.5) is 0 Å². The molecular formula is C22H30O4. The van der Waals surface area contributed by atoms with E-state index in [0.717, 1.165) is 16.7 Å². The van der Waals surface area contributed by atoms with Crippen LogP contribution in [0.15, 0.2) is 44.7 Å². The Hall–Kier alpha value is -2.07. The highest BCUT2D eigenvalue weighted by Gasteiger charge is 2.44. The fourth-order valence-corrected chi connectivity index (χ4v) is 4.27. The third-order valence-corrected chi connectivity index (χ3v) is 5.42. The van der Waals surface area contributed by atoms with E-state index in [1.165, 1.54) is 7.11 Å². The Kier molecular flexibility index (Phi) is 5.67. The SMILES string of the molecule is C=C(C(O)CC)[C@@H]1C(C)=CC(C)=C[C@]1(C)c1oc(OC)c(C)c(=O)c1C. The molecule has 0 saturated carbocycles.